The van der Waals surface area contributed by atoms with Gasteiger partial charge >= 0.3 is 5.69 Å². The van der Waals surface area contributed by atoms with Crippen molar-refractivity contribution in [3.05, 3.63) is 32.6 Å². The van der Waals surface area contributed by atoms with Crippen LogP contribution in [0.2, 0.25) is 25.7 Å². The van der Waals surface area contributed by atoms with Gasteiger partial charge in [-0.05, 0) is 6.04 Å². The Hall–Kier alpha value is -1.67. The highest BCUT2D eigenvalue weighted by Gasteiger charge is 2.14. The number of amides is 1. The molecule has 0 aromatic carbocycles. The summed E-state index contributed by atoms with van der Waals surface area (Å²) in [6.45, 7) is 7.02. The fourth-order valence-electron chi connectivity index (χ4n) is 1.39. The van der Waals surface area contributed by atoms with Crippen LogP contribution in [0.25, 0.3) is 0 Å². The van der Waals surface area contributed by atoms with Crippen LogP contribution in [0.3, 0.4) is 0 Å². The number of nitrogens with zero attached hydrogens (tertiary/aromatic N) is 1. The highest BCUT2D eigenvalue weighted by molar-refractivity contribution is 6.76. The predicted molar refractivity (Wildman–Crippen MR) is 73.9 cm³/mol. The number of hydrogen-bond acceptors (Lipinski definition) is 4. The second-order valence-electron chi connectivity index (χ2n) is 5.46. The number of hydrogen-bond donors (Lipinski definition) is 2. The highest BCUT2D eigenvalue weighted by Crippen LogP contribution is 2.07. The van der Waals surface area contributed by atoms with Gasteiger partial charge in [0.15, 0.2) is 0 Å². The number of aromatic nitrogens is 2. The van der Waals surface area contributed by atoms with Gasteiger partial charge in [0.05, 0.1) is 0 Å². The van der Waals surface area contributed by atoms with Gasteiger partial charge < -0.3 is 10.5 Å². The van der Waals surface area contributed by atoms with Crippen molar-refractivity contribution in [2.75, 3.05) is 6.61 Å². The second-order valence-corrected chi connectivity index (χ2v) is 11.1. The first kappa shape index (κ1) is 15.4. The number of carbonyl (C=O) groups excluding carboxylic acids is 1. The molecule has 0 unspecified atom stereocenters. The van der Waals surface area contributed by atoms with E-state index in [0.717, 1.165) is 16.7 Å². The maximum atomic E-state index is 11.6. The summed E-state index contributed by atoms with van der Waals surface area (Å²) >= 11 is 0. The van der Waals surface area contributed by atoms with Gasteiger partial charge in [-0.15, -0.1) is 0 Å². The van der Waals surface area contributed by atoms with Gasteiger partial charge in [-0.2, -0.15) is 0 Å². The van der Waals surface area contributed by atoms with Crippen LogP contribution in [0.15, 0.2) is 15.7 Å². The van der Waals surface area contributed by atoms with Crippen molar-refractivity contribution >= 4 is 14.0 Å². The van der Waals surface area contributed by atoms with Crippen LogP contribution in [0.5, 0.6) is 0 Å². The maximum absolute atomic E-state index is 11.6. The minimum absolute atomic E-state index is 0.0988. The van der Waals surface area contributed by atoms with E-state index in [1.165, 1.54) is 0 Å². The zero-order valence-electron chi connectivity index (χ0n) is 11.4. The second kappa shape index (κ2) is 5.98. The van der Waals surface area contributed by atoms with E-state index in [4.69, 9.17) is 10.5 Å². The van der Waals surface area contributed by atoms with E-state index in [9.17, 15) is 14.4 Å². The van der Waals surface area contributed by atoms with Gasteiger partial charge in [0.1, 0.15) is 12.4 Å². The number of ether oxygens (including phenoxy) is 1. The summed E-state index contributed by atoms with van der Waals surface area (Å²) in [5.74, 6) is -0.836. The molecule has 0 aliphatic carbocycles. The van der Waals surface area contributed by atoms with Crippen LogP contribution in [0.1, 0.15) is 10.5 Å². The minimum Gasteiger partial charge on any atom is -0.364 e. The molecule has 1 aromatic rings. The fourth-order valence-corrected chi connectivity index (χ4v) is 2.14. The molecule has 19 heavy (non-hydrogen) atoms. The highest BCUT2D eigenvalue weighted by atomic mass is 28.3. The van der Waals surface area contributed by atoms with Crippen molar-refractivity contribution in [3.63, 3.8) is 0 Å². The summed E-state index contributed by atoms with van der Waals surface area (Å²) in [5.41, 5.74) is 3.62. The van der Waals surface area contributed by atoms with Crippen LogP contribution in [-0.2, 0) is 11.5 Å². The lowest BCUT2D eigenvalue weighted by Gasteiger charge is -2.16. The molecule has 7 nitrogen and oxygen atoms in total. The third-order valence-electron chi connectivity index (χ3n) is 2.50. The van der Waals surface area contributed by atoms with E-state index >= 15 is 0 Å². The van der Waals surface area contributed by atoms with Gasteiger partial charge in [-0.3, -0.25) is 19.1 Å². The Labute approximate surface area is 111 Å². The first-order chi connectivity index (χ1) is 8.70. The molecule has 1 rings (SSSR count). The van der Waals surface area contributed by atoms with Crippen LogP contribution < -0.4 is 17.0 Å². The lowest BCUT2D eigenvalue weighted by Crippen LogP contribution is -2.36. The number of rotatable bonds is 6. The van der Waals surface area contributed by atoms with E-state index in [0.29, 0.717) is 6.61 Å². The molecule has 3 N–H and O–H groups in total. The summed E-state index contributed by atoms with van der Waals surface area (Å²) in [5, 5.41) is 0. The van der Waals surface area contributed by atoms with Crippen LogP contribution in [0.4, 0.5) is 0 Å². The van der Waals surface area contributed by atoms with E-state index in [1.54, 1.807) is 0 Å². The number of aromatic amines is 1. The SMILES string of the molecule is C[Si](C)(C)CCOCn1c(C(N)=O)cc(=O)[nH]c1=O. The van der Waals surface area contributed by atoms with Crippen molar-refractivity contribution in [1.82, 2.24) is 9.55 Å². The molecule has 106 valence electrons. The molecule has 0 saturated heterocycles. The van der Waals surface area contributed by atoms with Gasteiger partial charge in [0.25, 0.3) is 11.5 Å². The molecule has 0 bridgehead atoms. The summed E-state index contributed by atoms with van der Waals surface area (Å²) < 4.78 is 6.40. The number of nitrogens with one attached hydrogen (secondary N) is 1. The molecule has 0 aliphatic heterocycles. The van der Waals surface area contributed by atoms with Gasteiger partial charge in [0, 0.05) is 20.7 Å². The summed E-state index contributed by atoms with van der Waals surface area (Å²) in [7, 11) is -1.22. The van der Waals surface area contributed by atoms with Crippen LogP contribution >= 0.6 is 0 Å². The van der Waals surface area contributed by atoms with Crippen molar-refractivity contribution in [2.24, 2.45) is 5.73 Å². The largest absolute Gasteiger partial charge is 0.364 e. The average molecular weight is 285 g/mol. The molecular weight excluding hydrogens is 266 g/mol. The molecule has 1 aromatic heterocycles. The lowest BCUT2D eigenvalue weighted by atomic mass is 10.4. The first-order valence-corrected chi connectivity index (χ1v) is 9.63. The number of carbonyl (C=O) groups is 1. The Morgan fingerprint density at radius 1 is 1.42 bits per heavy atom. The zero-order valence-corrected chi connectivity index (χ0v) is 12.4. The number of nitrogens with two attached hydrogens (primary N) is 1. The molecule has 1 amide bonds. The standard InChI is InChI=1S/C11H19N3O4Si/c1-19(2,3)5-4-18-7-14-8(10(12)16)6-9(15)13-11(14)17/h6H,4-5,7H2,1-3H3,(H2,12,16)(H,13,15,17). The summed E-state index contributed by atoms with van der Waals surface area (Å²) in [6.07, 6.45) is 0. The molecule has 1 heterocycles. The number of primary amides is 1. The molecule has 0 aliphatic rings. The Morgan fingerprint density at radius 2 is 2.05 bits per heavy atom. The molecular formula is C11H19N3O4Si. The summed E-state index contributed by atoms with van der Waals surface area (Å²) in [6, 6.07) is 1.93. The normalized spacial score (nSPS) is 11.5. The fraction of sp³-hybridized carbons (Fsp3) is 0.545. The van der Waals surface area contributed by atoms with Gasteiger partial charge in [-0.1, -0.05) is 19.6 Å². The van der Waals surface area contributed by atoms with E-state index in [-0.39, 0.29) is 12.4 Å². The topological polar surface area (TPSA) is 107 Å². The average Bonchev–Trinajstić information content (AvgIpc) is 2.24. The Balaban J connectivity index is 2.81. The predicted octanol–water partition coefficient (Wildman–Crippen LogP) is -0.0522. The number of H-pyrrole nitrogens is 1. The van der Waals surface area contributed by atoms with Crippen LogP contribution in [0, 0.1) is 0 Å². The third-order valence-corrected chi connectivity index (χ3v) is 4.21. The lowest BCUT2D eigenvalue weighted by molar-refractivity contribution is 0.0773. The Bertz CT molecular complexity index is 571. The minimum atomic E-state index is -1.22. The molecule has 0 saturated carbocycles. The quantitative estimate of drug-likeness (QED) is 0.564. The first-order valence-electron chi connectivity index (χ1n) is 5.92. The third kappa shape index (κ3) is 4.84. The summed E-state index contributed by atoms with van der Waals surface area (Å²) in [4.78, 5) is 35.9. The van der Waals surface area contributed by atoms with E-state index in [2.05, 4.69) is 24.6 Å². The monoisotopic (exact) mass is 285 g/mol. The Kier molecular flexibility index (Phi) is 4.84. The zero-order chi connectivity index (χ0) is 14.6. The van der Waals surface area contributed by atoms with Crippen molar-refractivity contribution in [3.8, 4) is 0 Å². The van der Waals surface area contributed by atoms with E-state index in [1.807, 2.05) is 0 Å². The van der Waals surface area contributed by atoms with Crippen molar-refractivity contribution in [2.45, 2.75) is 32.4 Å². The van der Waals surface area contributed by atoms with Crippen LogP contribution in [-0.4, -0.2) is 30.1 Å². The molecule has 0 radical (unpaired) electrons. The van der Waals surface area contributed by atoms with Gasteiger partial charge in [0.2, 0.25) is 0 Å². The molecule has 0 atom stereocenters. The molecule has 0 spiro atoms. The van der Waals surface area contributed by atoms with Gasteiger partial charge in [-0.25, -0.2) is 4.79 Å². The molecule has 8 heteroatoms. The smallest absolute Gasteiger partial charge is 0.330 e. The molecule has 0 fully saturated rings. The Morgan fingerprint density at radius 3 is 2.58 bits per heavy atom. The maximum Gasteiger partial charge on any atom is 0.330 e. The van der Waals surface area contributed by atoms with Crippen molar-refractivity contribution < 1.29 is 9.53 Å². The van der Waals surface area contributed by atoms with E-state index < -0.39 is 25.2 Å². The van der Waals surface area contributed by atoms with Crippen molar-refractivity contribution in [1.29, 1.82) is 0 Å².